The van der Waals surface area contributed by atoms with Crippen molar-refractivity contribution in [3.05, 3.63) is 62.1 Å². The Morgan fingerprint density at radius 2 is 1.76 bits per heavy atom. The third-order valence-corrected chi connectivity index (χ3v) is 4.65. The van der Waals surface area contributed by atoms with Gasteiger partial charge in [-0.1, -0.05) is 23.2 Å². The summed E-state index contributed by atoms with van der Waals surface area (Å²) in [6.07, 6.45) is 0. The third-order valence-electron chi connectivity index (χ3n) is 2.74. The topological polar surface area (TPSA) is 86.2 Å². The largest absolute Gasteiger partial charge is 0.398 e. The van der Waals surface area contributed by atoms with Crippen LogP contribution < -0.4 is 5.73 Å². The molecule has 2 aromatic carbocycles. The number of nitrogens with zero attached hydrogens (tertiary/aromatic N) is 1. The van der Waals surface area contributed by atoms with E-state index in [1.165, 1.54) is 24.3 Å². The molecule has 0 amide bonds. The van der Waals surface area contributed by atoms with Crippen molar-refractivity contribution in [3.63, 3.8) is 0 Å². The van der Waals surface area contributed by atoms with Crippen molar-refractivity contribution in [3.8, 4) is 0 Å². The summed E-state index contributed by atoms with van der Waals surface area (Å²) in [6, 6.07) is 8.75. The Bertz CT molecular complexity index is 737. The molecule has 21 heavy (non-hydrogen) atoms. The summed E-state index contributed by atoms with van der Waals surface area (Å²) in [7, 11) is -1.54. The normalized spacial score (nSPS) is 12.1. The molecule has 0 bridgehead atoms. The molecule has 0 aliphatic heterocycles. The molecule has 5 nitrogen and oxygen atoms in total. The molecule has 2 N–H and O–H groups in total. The molecule has 0 fully saturated rings. The van der Waals surface area contributed by atoms with E-state index in [1.807, 2.05) is 0 Å². The standard InChI is InChI=1S/C13H10Cl2N2O3S/c14-9-1-3-12(17(18)19)8(5-9)7-21(20)13-4-2-10(15)6-11(13)16/h1-6H,7,16H2. The Kier molecular flexibility index (Phi) is 4.82. The Morgan fingerprint density at radius 3 is 2.38 bits per heavy atom. The van der Waals surface area contributed by atoms with Crippen molar-refractivity contribution in [2.75, 3.05) is 5.73 Å². The van der Waals surface area contributed by atoms with Gasteiger partial charge < -0.3 is 5.73 Å². The molecule has 8 heteroatoms. The fourth-order valence-electron chi connectivity index (χ4n) is 1.79. The monoisotopic (exact) mass is 344 g/mol. The maximum Gasteiger partial charge on any atom is 0.273 e. The number of hydrogen-bond donors (Lipinski definition) is 1. The number of nitrogen functional groups attached to an aromatic ring is 1. The van der Waals surface area contributed by atoms with Crippen LogP contribution in [0.2, 0.25) is 10.0 Å². The predicted octanol–water partition coefficient (Wildman–Crippen LogP) is 3.79. The van der Waals surface area contributed by atoms with Gasteiger partial charge in [-0.05, 0) is 30.3 Å². The van der Waals surface area contributed by atoms with E-state index in [9.17, 15) is 14.3 Å². The average Bonchev–Trinajstić information content (AvgIpc) is 2.37. The molecular formula is C13H10Cl2N2O3S. The number of nitro groups is 1. The molecule has 0 aromatic heterocycles. The Labute approximate surface area is 133 Å². The van der Waals surface area contributed by atoms with Crippen molar-refractivity contribution in [2.45, 2.75) is 10.6 Å². The molecule has 110 valence electrons. The fourth-order valence-corrected chi connectivity index (χ4v) is 3.38. The smallest absolute Gasteiger partial charge is 0.273 e. The van der Waals surface area contributed by atoms with Crippen LogP contribution in [0.3, 0.4) is 0 Å². The minimum atomic E-state index is -1.54. The Morgan fingerprint density at radius 1 is 1.14 bits per heavy atom. The highest BCUT2D eigenvalue weighted by Gasteiger charge is 2.18. The van der Waals surface area contributed by atoms with E-state index in [0.717, 1.165) is 0 Å². The molecule has 0 radical (unpaired) electrons. The van der Waals surface area contributed by atoms with Gasteiger partial charge in [0.05, 0.1) is 26.4 Å². The number of benzene rings is 2. The van der Waals surface area contributed by atoms with Crippen molar-refractivity contribution < 1.29 is 9.13 Å². The highest BCUT2D eigenvalue weighted by molar-refractivity contribution is 7.84. The lowest BCUT2D eigenvalue weighted by atomic mass is 10.2. The second-order valence-corrected chi connectivity index (χ2v) is 6.49. The summed E-state index contributed by atoms with van der Waals surface area (Å²) in [6.45, 7) is 0. The van der Waals surface area contributed by atoms with Gasteiger partial charge in [-0.15, -0.1) is 0 Å². The summed E-state index contributed by atoms with van der Waals surface area (Å²) < 4.78 is 12.4. The quantitative estimate of drug-likeness (QED) is 0.519. The van der Waals surface area contributed by atoms with E-state index >= 15 is 0 Å². The van der Waals surface area contributed by atoms with Gasteiger partial charge in [-0.25, -0.2) is 0 Å². The summed E-state index contributed by atoms with van der Waals surface area (Å²) in [5.41, 5.74) is 6.22. The zero-order valence-corrected chi connectivity index (χ0v) is 12.9. The zero-order valence-electron chi connectivity index (χ0n) is 10.6. The summed E-state index contributed by atoms with van der Waals surface area (Å²) >= 11 is 11.6. The average molecular weight is 345 g/mol. The molecule has 2 rings (SSSR count). The van der Waals surface area contributed by atoms with Crippen LogP contribution in [0.15, 0.2) is 41.3 Å². The number of rotatable bonds is 4. The first-order valence-corrected chi connectivity index (χ1v) is 7.82. The number of hydrogen-bond acceptors (Lipinski definition) is 4. The molecule has 0 saturated carbocycles. The van der Waals surface area contributed by atoms with Crippen LogP contribution >= 0.6 is 23.2 Å². The van der Waals surface area contributed by atoms with Crippen LogP contribution in [-0.4, -0.2) is 9.13 Å². The van der Waals surface area contributed by atoms with Crippen LogP contribution in [0.1, 0.15) is 5.56 Å². The Hall–Kier alpha value is -1.63. The number of nitrogens with two attached hydrogens (primary N) is 1. The van der Waals surface area contributed by atoms with Crippen molar-refractivity contribution in [1.29, 1.82) is 0 Å². The van der Waals surface area contributed by atoms with Crippen LogP contribution in [0, 0.1) is 10.1 Å². The highest BCUT2D eigenvalue weighted by atomic mass is 35.5. The third kappa shape index (κ3) is 3.72. The molecule has 2 aromatic rings. The molecule has 0 aliphatic rings. The van der Waals surface area contributed by atoms with Gasteiger partial charge in [-0.3, -0.25) is 14.3 Å². The fraction of sp³-hybridized carbons (Fsp3) is 0.0769. The van der Waals surface area contributed by atoms with E-state index < -0.39 is 15.7 Å². The van der Waals surface area contributed by atoms with Gasteiger partial charge in [0.1, 0.15) is 0 Å². The van der Waals surface area contributed by atoms with Crippen molar-refractivity contribution in [1.82, 2.24) is 0 Å². The zero-order chi connectivity index (χ0) is 15.6. The predicted molar refractivity (Wildman–Crippen MR) is 84.1 cm³/mol. The van der Waals surface area contributed by atoms with Gasteiger partial charge in [0.15, 0.2) is 0 Å². The molecule has 0 aliphatic carbocycles. The summed E-state index contributed by atoms with van der Waals surface area (Å²) in [5.74, 6) is -0.0529. The van der Waals surface area contributed by atoms with Crippen LogP contribution in [0.25, 0.3) is 0 Å². The van der Waals surface area contributed by atoms with Gasteiger partial charge in [0, 0.05) is 27.4 Å². The first-order valence-electron chi connectivity index (χ1n) is 5.74. The number of nitro benzene ring substituents is 1. The summed E-state index contributed by atoms with van der Waals surface area (Å²) in [5, 5.41) is 11.8. The Balaban J connectivity index is 2.35. The molecule has 1 unspecified atom stereocenters. The lowest BCUT2D eigenvalue weighted by Crippen LogP contribution is -2.03. The van der Waals surface area contributed by atoms with Gasteiger partial charge >= 0.3 is 0 Å². The first kappa shape index (κ1) is 15.8. The summed E-state index contributed by atoms with van der Waals surface area (Å²) in [4.78, 5) is 10.8. The van der Waals surface area contributed by atoms with E-state index in [1.54, 1.807) is 12.1 Å². The van der Waals surface area contributed by atoms with E-state index in [0.29, 0.717) is 20.5 Å². The van der Waals surface area contributed by atoms with Gasteiger partial charge in [-0.2, -0.15) is 0 Å². The second-order valence-electron chi connectivity index (χ2n) is 4.20. The minimum Gasteiger partial charge on any atom is -0.398 e. The first-order chi connectivity index (χ1) is 9.88. The van der Waals surface area contributed by atoms with Crippen LogP contribution in [-0.2, 0) is 16.6 Å². The van der Waals surface area contributed by atoms with Gasteiger partial charge in [0.25, 0.3) is 5.69 Å². The van der Waals surface area contributed by atoms with Crippen molar-refractivity contribution in [2.24, 2.45) is 0 Å². The SMILES string of the molecule is Nc1cc(Cl)ccc1S(=O)Cc1cc(Cl)ccc1[N+](=O)[O-]. The molecule has 0 spiro atoms. The number of anilines is 1. The molecule has 0 heterocycles. The molecular weight excluding hydrogens is 335 g/mol. The maximum atomic E-state index is 12.4. The van der Waals surface area contributed by atoms with Crippen LogP contribution in [0.4, 0.5) is 11.4 Å². The highest BCUT2D eigenvalue weighted by Crippen LogP contribution is 2.28. The molecule has 1 atom stereocenters. The van der Waals surface area contributed by atoms with Crippen LogP contribution in [0.5, 0.6) is 0 Å². The molecule has 0 saturated heterocycles. The lowest BCUT2D eigenvalue weighted by molar-refractivity contribution is -0.385. The number of halogens is 2. The lowest BCUT2D eigenvalue weighted by Gasteiger charge is -2.07. The van der Waals surface area contributed by atoms with Gasteiger partial charge in [0.2, 0.25) is 0 Å². The van der Waals surface area contributed by atoms with E-state index in [4.69, 9.17) is 28.9 Å². The second kappa shape index (κ2) is 6.43. The minimum absolute atomic E-state index is 0.0529. The maximum absolute atomic E-state index is 12.4. The van der Waals surface area contributed by atoms with E-state index in [-0.39, 0.29) is 17.1 Å². The van der Waals surface area contributed by atoms with E-state index in [2.05, 4.69) is 0 Å². The van der Waals surface area contributed by atoms with Crippen molar-refractivity contribution >= 4 is 45.4 Å².